The van der Waals surface area contributed by atoms with E-state index in [2.05, 4.69) is 15.3 Å². The Morgan fingerprint density at radius 3 is 2.95 bits per heavy atom. The number of halogens is 1. The summed E-state index contributed by atoms with van der Waals surface area (Å²) in [4.78, 5) is 21.3. The van der Waals surface area contributed by atoms with Crippen LogP contribution in [0.1, 0.15) is 15.9 Å². The van der Waals surface area contributed by atoms with E-state index >= 15 is 0 Å². The van der Waals surface area contributed by atoms with Crippen LogP contribution in [-0.4, -0.2) is 23.1 Å². The van der Waals surface area contributed by atoms with Crippen LogP contribution >= 0.6 is 23.4 Å². The van der Waals surface area contributed by atoms with Gasteiger partial charge in [0.15, 0.2) is 0 Å². The van der Waals surface area contributed by atoms with Crippen molar-refractivity contribution in [3.05, 3.63) is 47.7 Å². The van der Waals surface area contributed by atoms with Gasteiger partial charge in [-0.3, -0.25) is 4.79 Å². The van der Waals surface area contributed by atoms with Crippen molar-refractivity contribution in [1.82, 2.24) is 10.3 Å². The lowest BCUT2D eigenvalue weighted by Crippen LogP contribution is -2.17. The number of aromatic nitrogens is 1. The molecular weight excluding hydrogens is 294 g/mol. The molecule has 6 heteroatoms. The number of amides is 1. The van der Waals surface area contributed by atoms with Crippen LogP contribution in [0.25, 0.3) is 0 Å². The third-order valence-electron chi connectivity index (χ3n) is 2.86. The highest BCUT2D eigenvalue weighted by Crippen LogP contribution is 2.39. The Balaban J connectivity index is 2.13. The van der Waals surface area contributed by atoms with Gasteiger partial charge < -0.3 is 5.32 Å². The van der Waals surface area contributed by atoms with E-state index < -0.39 is 0 Å². The van der Waals surface area contributed by atoms with Crippen molar-refractivity contribution in [2.45, 2.75) is 9.92 Å². The lowest BCUT2D eigenvalue weighted by molar-refractivity contribution is 0.0962. The average molecular weight is 304 g/mol. The predicted octanol–water partition coefficient (Wildman–Crippen LogP) is 3.22. The number of carbonyl (C=O) groups is 1. The fourth-order valence-corrected chi connectivity index (χ4v) is 3.12. The number of nitrogens with zero attached hydrogens (tertiary/aromatic N) is 2. The molecule has 100 valence electrons. The van der Waals surface area contributed by atoms with Crippen molar-refractivity contribution < 1.29 is 4.79 Å². The summed E-state index contributed by atoms with van der Waals surface area (Å²) in [6.07, 6.45) is 1.54. The Bertz CT molecular complexity index is 730. The minimum absolute atomic E-state index is 0.196. The zero-order valence-electron chi connectivity index (χ0n) is 10.6. The van der Waals surface area contributed by atoms with E-state index in [0.29, 0.717) is 16.4 Å². The van der Waals surface area contributed by atoms with E-state index in [9.17, 15) is 4.79 Å². The largest absolute Gasteiger partial charge is 0.355 e. The first-order valence-corrected chi connectivity index (χ1v) is 7.12. The number of pyridine rings is 1. The third kappa shape index (κ3) is 2.30. The number of benzene rings is 1. The number of rotatable bonds is 1. The molecule has 0 saturated carbocycles. The topological polar surface area (TPSA) is 54.4 Å². The van der Waals surface area contributed by atoms with Gasteiger partial charge in [-0.2, -0.15) is 0 Å². The van der Waals surface area contributed by atoms with Crippen LogP contribution in [-0.2, 0) is 0 Å². The van der Waals surface area contributed by atoms with Gasteiger partial charge in [0, 0.05) is 23.7 Å². The van der Waals surface area contributed by atoms with E-state index in [0.717, 1.165) is 15.5 Å². The van der Waals surface area contributed by atoms with Gasteiger partial charge in [0.1, 0.15) is 10.2 Å². The van der Waals surface area contributed by atoms with E-state index in [1.54, 1.807) is 19.3 Å². The third-order valence-corrected chi connectivity index (χ3v) is 4.23. The average Bonchev–Trinajstić information content (AvgIpc) is 2.62. The van der Waals surface area contributed by atoms with Crippen molar-refractivity contribution >= 4 is 40.1 Å². The predicted molar refractivity (Wildman–Crippen MR) is 80.2 cm³/mol. The summed E-state index contributed by atoms with van der Waals surface area (Å²) >= 11 is 7.75. The molecule has 20 heavy (non-hydrogen) atoms. The summed E-state index contributed by atoms with van der Waals surface area (Å²) in [5.41, 5.74) is 1.95. The Morgan fingerprint density at radius 1 is 1.35 bits per heavy atom. The molecule has 0 atom stereocenters. The standard InChI is InChI=1S/C14H10ClN3OS/c1-16-13(19)8-6-10-14(17-7-8)20-11-5-3-2-4-9(11)12(15)18-10/h2-7H,1H3,(H,16,19). The summed E-state index contributed by atoms with van der Waals surface area (Å²) < 4.78 is 0. The fourth-order valence-electron chi connectivity index (χ4n) is 1.86. The van der Waals surface area contributed by atoms with Crippen LogP contribution in [0, 0.1) is 0 Å². The highest BCUT2D eigenvalue weighted by Gasteiger charge is 2.18. The van der Waals surface area contributed by atoms with Crippen LogP contribution in [0.3, 0.4) is 0 Å². The molecular formula is C14H10ClN3OS. The molecule has 4 nitrogen and oxygen atoms in total. The second-order valence-corrected chi connectivity index (χ2v) is 5.52. The molecule has 2 aromatic rings. The molecule has 2 heterocycles. The SMILES string of the molecule is CNC(=O)c1cnc2c(c1)N=C(Cl)c1ccccc1S2. The Kier molecular flexibility index (Phi) is 3.46. The fraction of sp³-hybridized carbons (Fsp3) is 0.0714. The highest BCUT2D eigenvalue weighted by atomic mass is 35.5. The summed E-state index contributed by atoms with van der Waals surface area (Å²) in [6.45, 7) is 0. The van der Waals surface area contributed by atoms with Gasteiger partial charge in [0.25, 0.3) is 5.91 Å². The maximum atomic E-state index is 11.6. The number of hydrogen-bond acceptors (Lipinski definition) is 4. The number of hydrogen-bond donors (Lipinski definition) is 1. The summed E-state index contributed by atoms with van der Waals surface area (Å²) in [5, 5.41) is 3.71. The minimum Gasteiger partial charge on any atom is -0.355 e. The molecule has 0 saturated heterocycles. The van der Waals surface area contributed by atoms with Crippen molar-refractivity contribution in [3.63, 3.8) is 0 Å². The Morgan fingerprint density at radius 2 is 2.15 bits per heavy atom. The number of fused-ring (bicyclic) bond motifs is 2. The van der Waals surface area contributed by atoms with Crippen LogP contribution in [0.2, 0.25) is 0 Å². The van der Waals surface area contributed by atoms with Crippen molar-refractivity contribution in [2.24, 2.45) is 4.99 Å². The first-order chi connectivity index (χ1) is 9.69. The Hall–Kier alpha value is -1.85. The molecule has 0 aliphatic carbocycles. The molecule has 3 rings (SSSR count). The summed E-state index contributed by atoms with van der Waals surface area (Å²) in [5.74, 6) is -0.196. The van der Waals surface area contributed by atoms with Crippen LogP contribution in [0.4, 0.5) is 5.69 Å². The minimum atomic E-state index is -0.196. The Labute approximate surface area is 125 Å². The molecule has 0 unspecified atom stereocenters. The molecule has 0 bridgehead atoms. The van der Waals surface area contributed by atoms with Gasteiger partial charge in [-0.05, 0) is 12.1 Å². The summed E-state index contributed by atoms with van der Waals surface area (Å²) in [7, 11) is 1.58. The lowest BCUT2D eigenvalue weighted by Gasteiger charge is -2.05. The molecule has 0 spiro atoms. The molecule has 1 aliphatic rings. The van der Waals surface area contributed by atoms with Crippen molar-refractivity contribution in [2.75, 3.05) is 7.05 Å². The molecule has 1 amide bonds. The first kappa shape index (κ1) is 13.1. The van der Waals surface area contributed by atoms with E-state index in [1.807, 2.05) is 24.3 Å². The molecule has 1 N–H and O–H groups in total. The molecule has 1 aromatic heterocycles. The van der Waals surface area contributed by atoms with Gasteiger partial charge in [-0.15, -0.1) is 0 Å². The monoisotopic (exact) mass is 303 g/mol. The quantitative estimate of drug-likeness (QED) is 0.880. The zero-order chi connectivity index (χ0) is 14.1. The number of carbonyl (C=O) groups excluding carboxylic acids is 1. The van der Waals surface area contributed by atoms with Gasteiger partial charge in [0.05, 0.1) is 11.3 Å². The molecule has 1 aliphatic heterocycles. The van der Waals surface area contributed by atoms with Crippen molar-refractivity contribution in [1.29, 1.82) is 0 Å². The van der Waals surface area contributed by atoms with Crippen LogP contribution < -0.4 is 5.32 Å². The van der Waals surface area contributed by atoms with Gasteiger partial charge >= 0.3 is 0 Å². The summed E-state index contributed by atoms with van der Waals surface area (Å²) in [6, 6.07) is 9.44. The molecule has 0 radical (unpaired) electrons. The highest BCUT2D eigenvalue weighted by molar-refractivity contribution is 7.99. The first-order valence-electron chi connectivity index (χ1n) is 5.92. The number of nitrogens with one attached hydrogen (secondary N) is 1. The van der Waals surface area contributed by atoms with E-state index in [-0.39, 0.29) is 5.91 Å². The molecule has 0 fully saturated rings. The van der Waals surface area contributed by atoms with Gasteiger partial charge in [-0.25, -0.2) is 9.98 Å². The number of aliphatic imine (C=N–C) groups is 1. The van der Waals surface area contributed by atoms with Gasteiger partial charge in [0.2, 0.25) is 0 Å². The van der Waals surface area contributed by atoms with Gasteiger partial charge in [-0.1, -0.05) is 41.6 Å². The second-order valence-electron chi connectivity index (χ2n) is 4.13. The maximum absolute atomic E-state index is 11.6. The van der Waals surface area contributed by atoms with Crippen LogP contribution in [0.15, 0.2) is 51.4 Å². The zero-order valence-corrected chi connectivity index (χ0v) is 12.1. The maximum Gasteiger partial charge on any atom is 0.252 e. The van der Waals surface area contributed by atoms with Crippen LogP contribution in [0.5, 0.6) is 0 Å². The van der Waals surface area contributed by atoms with Crippen molar-refractivity contribution in [3.8, 4) is 0 Å². The van der Waals surface area contributed by atoms with E-state index in [4.69, 9.17) is 11.6 Å². The molecule has 1 aromatic carbocycles. The second kappa shape index (κ2) is 5.26. The lowest BCUT2D eigenvalue weighted by atomic mass is 10.2. The van der Waals surface area contributed by atoms with E-state index in [1.165, 1.54) is 11.8 Å². The normalized spacial score (nSPS) is 12.8. The smallest absolute Gasteiger partial charge is 0.252 e.